The zero-order valence-electron chi connectivity index (χ0n) is 14.3. The van der Waals surface area contributed by atoms with E-state index >= 15 is 0 Å². The molecule has 24 heavy (non-hydrogen) atoms. The maximum Gasteiger partial charge on any atom is 0.221 e. The van der Waals surface area contributed by atoms with Gasteiger partial charge < -0.3 is 16.0 Å². The minimum atomic E-state index is -0.163. The zero-order chi connectivity index (χ0) is 16.9. The molecule has 0 unspecified atom stereocenters. The van der Waals surface area contributed by atoms with Gasteiger partial charge in [0.25, 0.3) is 0 Å². The highest BCUT2D eigenvalue weighted by Gasteiger charge is 2.24. The van der Waals surface area contributed by atoms with Gasteiger partial charge in [-0.3, -0.25) is 4.79 Å². The average Bonchev–Trinajstić information content (AvgIpc) is 2.58. The molecule has 1 fully saturated rings. The number of nitrogens with zero attached hydrogens (tertiary/aromatic N) is 1. The maximum atomic E-state index is 13.4. The van der Waals surface area contributed by atoms with E-state index in [1.165, 1.54) is 5.56 Å². The first kappa shape index (κ1) is 17.4. The first-order valence-electron chi connectivity index (χ1n) is 9.17. The third-order valence-corrected chi connectivity index (χ3v) is 5.37. The molecular weight excluding hydrogens is 305 g/mol. The van der Waals surface area contributed by atoms with Crippen molar-refractivity contribution in [3.05, 3.63) is 35.1 Å². The second kappa shape index (κ2) is 8.08. The molecule has 1 aliphatic heterocycles. The SMILES string of the molecule is NC(=O)[C@@H]1CCCN(CCCN[C@H]2CCCc3cc(F)ccc32)C1. The predicted octanol–water partition coefficient (Wildman–Crippen LogP) is 2.38. The molecule has 0 bridgehead atoms. The lowest BCUT2D eigenvalue weighted by Crippen LogP contribution is -2.42. The van der Waals surface area contributed by atoms with Gasteiger partial charge in [-0.1, -0.05) is 6.07 Å². The van der Waals surface area contributed by atoms with Crippen LogP contribution in [0.1, 0.15) is 49.3 Å². The number of halogens is 1. The number of nitrogens with two attached hydrogens (primary N) is 1. The normalized spacial score (nSPS) is 24.5. The summed E-state index contributed by atoms with van der Waals surface area (Å²) in [6.45, 7) is 3.81. The molecule has 0 spiro atoms. The molecule has 0 aromatic heterocycles. The molecule has 5 heteroatoms. The van der Waals surface area contributed by atoms with Crippen LogP contribution < -0.4 is 11.1 Å². The van der Waals surface area contributed by atoms with Crippen LogP contribution in [0.15, 0.2) is 18.2 Å². The molecule has 4 nitrogen and oxygen atoms in total. The zero-order valence-corrected chi connectivity index (χ0v) is 14.3. The van der Waals surface area contributed by atoms with Gasteiger partial charge in [0.15, 0.2) is 0 Å². The Labute approximate surface area is 143 Å². The van der Waals surface area contributed by atoms with Crippen LogP contribution in [0.5, 0.6) is 0 Å². The molecule has 1 heterocycles. The number of rotatable bonds is 6. The summed E-state index contributed by atoms with van der Waals surface area (Å²) >= 11 is 0. The third kappa shape index (κ3) is 4.33. The first-order valence-corrected chi connectivity index (χ1v) is 9.17. The van der Waals surface area contributed by atoms with E-state index in [4.69, 9.17) is 5.73 Å². The fourth-order valence-electron chi connectivity index (χ4n) is 4.06. The van der Waals surface area contributed by atoms with Crippen molar-refractivity contribution in [3.63, 3.8) is 0 Å². The summed E-state index contributed by atoms with van der Waals surface area (Å²) < 4.78 is 13.4. The summed E-state index contributed by atoms with van der Waals surface area (Å²) in [7, 11) is 0. The van der Waals surface area contributed by atoms with E-state index in [1.807, 2.05) is 6.07 Å². The van der Waals surface area contributed by atoms with Crippen LogP contribution in [-0.4, -0.2) is 37.0 Å². The molecule has 1 aliphatic carbocycles. The number of carbonyl (C=O) groups excluding carboxylic acids is 1. The molecule has 1 amide bonds. The quantitative estimate of drug-likeness (QED) is 0.786. The number of hydrogen-bond donors (Lipinski definition) is 2. The Hall–Kier alpha value is -1.46. The van der Waals surface area contributed by atoms with Gasteiger partial charge in [0.2, 0.25) is 5.91 Å². The Morgan fingerprint density at radius 2 is 2.21 bits per heavy atom. The highest BCUT2D eigenvalue weighted by atomic mass is 19.1. The van der Waals surface area contributed by atoms with Gasteiger partial charge in [0.1, 0.15) is 5.82 Å². The minimum Gasteiger partial charge on any atom is -0.369 e. The van der Waals surface area contributed by atoms with Crippen molar-refractivity contribution in [2.75, 3.05) is 26.2 Å². The van der Waals surface area contributed by atoms with E-state index in [9.17, 15) is 9.18 Å². The molecule has 2 atom stereocenters. The Bertz CT molecular complexity index is 578. The van der Waals surface area contributed by atoms with Crippen molar-refractivity contribution >= 4 is 5.91 Å². The Morgan fingerprint density at radius 1 is 1.33 bits per heavy atom. The van der Waals surface area contributed by atoms with Gasteiger partial charge in [-0.15, -0.1) is 0 Å². The summed E-state index contributed by atoms with van der Waals surface area (Å²) in [6.07, 6.45) is 6.25. The van der Waals surface area contributed by atoms with E-state index in [0.29, 0.717) is 6.04 Å². The van der Waals surface area contributed by atoms with Gasteiger partial charge in [-0.2, -0.15) is 0 Å². The number of nitrogens with one attached hydrogen (secondary N) is 1. The number of fused-ring (bicyclic) bond motifs is 1. The van der Waals surface area contributed by atoms with Crippen LogP contribution in [0.4, 0.5) is 4.39 Å². The Kier molecular flexibility index (Phi) is 5.85. The lowest BCUT2D eigenvalue weighted by Gasteiger charge is -2.31. The van der Waals surface area contributed by atoms with Gasteiger partial charge >= 0.3 is 0 Å². The number of piperidine rings is 1. The minimum absolute atomic E-state index is 0.0202. The van der Waals surface area contributed by atoms with Crippen LogP contribution in [0.2, 0.25) is 0 Å². The van der Waals surface area contributed by atoms with Gasteiger partial charge in [-0.05, 0) is 81.4 Å². The highest BCUT2D eigenvalue weighted by molar-refractivity contribution is 5.76. The molecule has 0 saturated carbocycles. The van der Waals surface area contributed by atoms with Crippen LogP contribution >= 0.6 is 0 Å². The van der Waals surface area contributed by atoms with Crippen LogP contribution in [0, 0.1) is 11.7 Å². The average molecular weight is 333 g/mol. The number of hydrogen-bond acceptors (Lipinski definition) is 3. The van der Waals surface area contributed by atoms with Gasteiger partial charge in [0.05, 0.1) is 5.92 Å². The number of amides is 1. The monoisotopic (exact) mass is 333 g/mol. The molecular formula is C19H28FN3O. The number of carbonyl (C=O) groups is 1. The van der Waals surface area contributed by atoms with Crippen molar-refractivity contribution in [2.45, 2.75) is 44.6 Å². The fraction of sp³-hybridized carbons (Fsp3) is 0.632. The van der Waals surface area contributed by atoms with Gasteiger partial charge in [0, 0.05) is 12.6 Å². The van der Waals surface area contributed by atoms with Gasteiger partial charge in [-0.25, -0.2) is 4.39 Å². The van der Waals surface area contributed by atoms with Crippen molar-refractivity contribution in [3.8, 4) is 0 Å². The van der Waals surface area contributed by atoms with Crippen molar-refractivity contribution in [1.29, 1.82) is 0 Å². The smallest absolute Gasteiger partial charge is 0.221 e. The molecule has 3 N–H and O–H groups in total. The molecule has 1 aromatic rings. The molecule has 3 rings (SSSR count). The van der Waals surface area contributed by atoms with E-state index in [-0.39, 0.29) is 17.6 Å². The number of aryl methyl sites for hydroxylation is 1. The molecule has 0 radical (unpaired) electrons. The van der Waals surface area contributed by atoms with Crippen LogP contribution in [-0.2, 0) is 11.2 Å². The Morgan fingerprint density at radius 3 is 3.04 bits per heavy atom. The highest BCUT2D eigenvalue weighted by Crippen LogP contribution is 2.30. The topological polar surface area (TPSA) is 58.4 Å². The van der Waals surface area contributed by atoms with E-state index < -0.39 is 0 Å². The summed E-state index contributed by atoms with van der Waals surface area (Å²) in [5.41, 5.74) is 7.84. The second-order valence-corrected chi connectivity index (χ2v) is 7.14. The number of likely N-dealkylation sites (tertiary alicyclic amines) is 1. The largest absolute Gasteiger partial charge is 0.369 e. The molecule has 2 aliphatic rings. The lowest BCUT2D eigenvalue weighted by atomic mass is 9.87. The maximum absolute atomic E-state index is 13.4. The van der Waals surface area contributed by atoms with Crippen LogP contribution in [0.25, 0.3) is 0 Å². The van der Waals surface area contributed by atoms with Crippen LogP contribution in [0.3, 0.4) is 0 Å². The standard InChI is InChI=1S/C19H28FN3O/c20-16-7-8-17-14(12-16)4-1-6-18(17)22-9-3-11-23-10-2-5-15(13-23)19(21)24/h7-8,12,15,18,22H,1-6,9-11,13H2,(H2,21,24)/t15-,18+/m1/s1. The summed E-state index contributed by atoms with van der Waals surface area (Å²) in [4.78, 5) is 13.7. The first-order chi connectivity index (χ1) is 11.6. The molecule has 1 saturated heterocycles. The fourth-order valence-corrected chi connectivity index (χ4v) is 4.06. The van der Waals surface area contributed by atoms with Crippen molar-refractivity contribution in [1.82, 2.24) is 10.2 Å². The van der Waals surface area contributed by atoms with Crippen molar-refractivity contribution in [2.24, 2.45) is 11.7 Å². The molecule has 132 valence electrons. The summed E-state index contributed by atoms with van der Waals surface area (Å²) in [5, 5.41) is 3.63. The van der Waals surface area contributed by atoms with Crippen molar-refractivity contribution < 1.29 is 9.18 Å². The summed E-state index contributed by atoms with van der Waals surface area (Å²) in [6, 6.07) is 5.52. The summed E-state index contributed by atoms with van der Waals surface area (Å²) in [5.74, 6) is -0.279. The van der Waals surface area contributed by atoms with E-state index in [2.05, 4.69) is 10.2 Å². The number of primary amides is 1. The third-order valence-electron chi connectivity index (χ3n) is 5.37. The predicted molar refractivity (Wildman–Crippen MR) is 93.1 cm³/mol. The Balaban J connectivity index is 1.44. The van der Waals surface area contributed by atoms with E-state index in [0.717, 1.165) is 70.3 Å². The molecule has 1 aromatic carbocycles. The number of benzene rings is 1. The second-order valence-electron chi connectivity index (χ2n) is 7.14. The lowest BCUT2D eigenvalue weighted by molar-refractivity contribution is -0.123. The van der Waals surface area contributed by atoms with E-state index in [1.54, 1.807) is 12.1 Å².